The Morgan fingerprint density at radius 1 is 1.58 bits per heavy atom. The standard InChI is InChI=1S/C9H15NO2/c1-10(8-9(11)12-2)6-4-3-5-7-10/h3-4,8H,5-7H2,1-2H3/b9-8+. The largest absolute Gasteiger partial charge is 0.613 e. The zero-order valence-electron chi connectivity index (χ0n) is 7.62. The Kier molecular flexibility index (Phi) is 2.76. The molecule has 0 aromatic rings. The van der Waals surface area contributed by atoms with Crippen LogP contribution in [0, 0.1) is 0 Å². The van der Waals surface area contributed by atoms with E-state index < -0.39 is 0 Å². The van der Waals surface area contributed by atoms with Crippen LogP contribution >= 0.6 is 0 Å². The van der Waals surface area contributed by atoms with Gasteiger partial charge in [0.15, 0.2) is 0 Å². The van der Waals surface area contributed by atoms with Crippen LogP contribution in [0.1, 0.15) is 6.42 Å². The quantitative estimate of drug-likeness (QED) is 0.336. The summed E-state index contributed by atoms with van der Waals surface area (Å²) in [5.74, 6) is -0.243. The normalized spacial score (nSPS) is 30.3. The Morgan fingerprint density at radius 2 is 2.33 bits per heavy atom. The first-order valence-electron chi connectivity index (χ1n) is 4.09. The molecule has 0 bridgehead atoms. The first-order valence-corrected chi connectivity index (χ1v) is 4.09. The van der Waals surface area contributed by atoms with Crippen LogP contribution in [0.15, 0.2) is 24.3 Å². The van der Waals surface area contributed by atoms with Crippen molar-refractivity contribution in [3.63, 3.8) is 0 Å². The van der Waals surface area contributed by atoms with E-state index in [0.717, 1.165) is 19.5 Å². The van der Waals surface area contributed by atoms with Gasteiger partial charge in [0.2, 0.25) is 0 Å². The second-order valence-electron chi connectivity index (χ2n) is 3.30. The molecule has 1 unspecified atom stereocenters. The van der Waals surface area contributed by atoms with Gasteiger partial charge in [-0.2, -0.15) is 0 Å². The van der Waals surface area contributed by atoms with Gasteiger partial charge >= 0.3 is 0 Å². The fourth-order valence-corrected chi connectivity index (χ4v) is 1.32. The zero-order chi connectivity index (χ0) is 9.03. The molecule has 0 aliphatic carbocycles. The summed E-state index contributed by atoms with van der Waals surface area (Å²) >= 11 is 0. The molecule has 0 aromatic heterocycles. The van der Waals surface area contributed by atoms with E-state index in [-0.39, 0.29) is 5.95 Å². The summed E-state index contributed by atoms with van der Waals surface area (Å²) in [6, 6.07) is 0. The van der Waals surface area contributed by atoms with E-state index in [1.807, 2.05) is 7.05 Å². The summed E-state index contributed by atoms with van der Waals surface area (Å²) in [6.45, 7) is 1.86. The molecule has 0 N–H and O–H groups in total. The molecule has 3 heteroatoms. The minimum absolute atomic E-state index is 0.243. The van der Waals surface area contributed by atoms with E-state index in [9.17, 15) is 5.11 Å². The lowest BCUT2D eigenvalue weighted by molar-refractivity contribution is -0.857. The third-order valence-corrected chi connectivity index (χ3v) is 2.11. The summed E-state index contributed by atoms with van der Waals surface area (Å²) in [5.41, 5.74) is 0. The van der Waals surface area contributed by atoms with Crippen molar-refractivity contribution >= 4 is 0 Å². The molecular formula is C9H15NO2. The Morgan fingerprint density at radius 3 is 2.83 bits per heavy atom. The minimum atomic E-state index is -0.243. The van der Waals surface area contributed by atoms with Gasteiger partial charge in [-0.15, -0.1) is 0 Å². The highest BCUT2D eigenvalue weighted by molar-refractivity contribution is 4.87. The zero-order valence-corrected chi connectivity index (χ0v) is 7.62. The van der Waals surface area contributed by atoms with E-state index in [1.165, 1.54) is 7.11 Å². The van der Waals surface area contributed by atoms with Crippen molar-refractivity contribution in [1.29, 1.82) is 0 Å². The highest BCUT2D eigenvalue weighted by Gasteiger charge is 2.18. The molecule has 12 heavy (non-hydrogen) atoms. The predicted octanol–water partition coefficient (Wildman–Crippen LogP) is 0.198. The lowest BCUT2D eigenvalue weighted by Gasteiger charge is -2.32. The molecular weight excluding hydrogens is 154 g/mol. The fraction of sp³-hybridized carbons (Fsp3) is 0.556. The van der Waals surface area contributed by atoms with Crippen molar-refractivity contribution in [3.8, 4) is 0 Å². The lowest BCUT2D eigenvalue weighted by atomic mass is 10.2. The van der Waals surface area contributed by atoms with Crippen molar-refractivity contribution in [2.75, 3.05) is 27.2 Å². The van der Waals surface area contributed by atoms with Crippen LogP contribution in [-0.2, 0) is 4.74 Å². The molecule has 3 nitrogen and oxygen atoms in total. The smallest absolute Gasteiger partial charge is 0.118 e. The summed E-state index contributed by atoms with van der Waals surface area (Å²) in [7, 11) is 3.44. The maximum Gasteiger partial charge on any atom is 0.118 e. The molecule has 68 valence electrons. The molecule has 0 radical (unpaired) electrons. The van der Waals surface area contributed by atoms with Gasteiger partial charge in [-0.05, 0) is 13.2 Å². The van der Waals surface area contributed by atoms with Crippen LogP contribution in [-0.4, -0.2) is 31.7 Å². The van der Waals surface area contributed by atoms with Crippen LogP contribution in [0.3, 0.4) is 0 Å². The average Bonchev–Trinajstić information content (AvgIpc) is 2.05. The molecule has 1 heterocycles. The van der Waals surface area contributed by atoms with Gasteiger partial charge in [-0.1, -0.05) is 6.08 Å². The third kappa shape index (κ3) is 2.27. The van der Waals surface area contributed by atoms with Gasteiger partial charge in [0.25, 0.3) is 0 Å². The monoisotopic (exact) mass is 169 g/mol. The molecule has 0 saturated heterocycles. The van der Waals surface area contributed by atoms with Gasteiger partial charge in [0.05, 0.1) is 13.6 Å². The van der Waals surface area contributed by atoms with Crippen LogP contribution < -0.4 is 5.11 Å². The third-order valence-electron chi connectivity index (χ3n) is 2.11. The van der Waals surface area contributed by atoms with Gasteiger partial charge in [-0.3, -0.25) is 4.48 Å². The number of methoxy groups -OCH3 is 1. The number of ether oxygens (including phenoxy) is 1. The van der Waals surface area contributed by atoms with Gasteiger partial charge < -0.3 is 9.84 Å². The minimum Gasteiger partial charge on any atom is -0.613 e. The lowest BCUT2D eigenvalue weighted by Crippen LogP contribution is -2.42. The highest BCUT2D eigenvalue weighted by atomic mass is 16.6. The van der Waals surface area contributed by atoms with Crippen molar-refractivity contribution in [2.45, 2.75) is 6.42 Å². The molecule has 0 fully saturated rings. The average molecular weight is 169 g/mol. The van der Waals surface area contributed by atoms with E-state index in [2.05, 4.69) is 16.9 Å². The van der Waals surface area contributed by atoms with E-state index >= 15 is 0 Å². The topological polar surface area (TPSA) is 32.3 Å². The number of nitrogens with zero attached hydrogens (tertiary/aromatic N) is 1. The first kappa shape index (κ1) is 9.13. The van der Waals surface area contributed by atoms with Gasteiger partial charge in [0.1, 0.15) is 18.7 Å². The number of rotatable bonds is 2. The van der Waals surface area contributed by atoms with Gasteiger partial charge in [-0.25, -0.2) is 0 Å². The number of hydrogen-bond acceptors (Lipinski definition) is 2. The number of hydrogen-bond donors (Lipinski definition) is 0. The van der Waals surface area contributed by atoms with E-state index in [0.29, 0.717) is 4.48 Å². The maximum absolute atomic E-state index is 11.0. The van der Waals surface area contributed by atoms with E-state index in [4.69, 9.17) is 0 Å². The van der Waals surface area contributed by atoms with Crippen molar-refractivity contribution in [1.82, 2.24) is 0 Å². The van der Waals surface area contributed by atoms with Crippen LogP contribution in [0.25, 0.3) is 0 Å². The molecule has 0 amide bonds. The maximum atomic E-state index is 11.0. The summed E-state index contributed by atoms with van der Waals surface area (Å²) < 4.78 is 5.24. The summed E-state index contributed by atoms with van der Waals surface area (Å²) in [6.07, 6.45) is 6.90. The molecule has 1 atom stereocenters. The molecule has 1 rings (SSSR count). The van der Waals surface area contributed by atoms with Crippen molar-refractivity contribution in [2.24, 2.45) is 0 Å². The Hall–Kier alpha value is -0.960. The first-order chi connectivity index (χ1) is 5.66. The van der Waals surface area contributed by atoms with Crippen molar-refractivity contribution in [3.05, 3.63) is 24.3 Å². The second kappa shape index (κ2) is 3.63. The molecule has 0 aromatic carbocycles. The number of likely N-dealkylation sites (N-methyl/N-ethyl adjacent to an activating group) is 1. The summed E-state index contributed by atoms with van der Waals surface area (Å²) in [5, 5.41) is 11.0. The van der Waals surface area contributed by atoms with Gasteiger partial charge in [0, 0.05) is 6.42 Å². The molecule has 0 spiro atoms. The highest BCUT2D eigenvalue weighted by Crippen LogP contribution is 2.12. The number of quaternary nitrogens is 1. The SMILES string of the molecule is CO/C([O-])=C/[N+]1(C)CC=CCC1. The second-order valence-corrected chi connectivity index (χ2v) is 3.30. The predicted molar refractivity (Wildman–Crippen MR) is 44.8 cm³/mol. The molecule has 1 aliphatic heterocycles. The van der Waals surface area contributed by atoms with Crippen LogP contribution in [0.2, 0.25) is 0 Å². The van der Waals surface area contributed by atoms with Crippen molar-refractivity contribution < 1.29 is 14.3 Å². The molecule has 1 aliphatic rings. The Bertz CT molecular complexity index is 211. The van der Waals surface area contributed by atoms with Crippen LogP contribution in [0.4, 0.5) is 0 Å². The summed E-state index contributed by atoms with van der Waals surface area (Å²) in [4.78, 5) is 0. The Labute approximate surface area is 73.2 Å². The Balaban J connectivity index is 2.65. The van der Waals surface area contributed by atoms with E-state index in [1.54, 1.807) is 6.20 Å². The van der Waals surface area contributed by atoms with Crippen LogP contribution in [0.5, 0.6) is 0 Å². The molecule has 0 saturated carbocycles. The fourth-order valence-electron chi connectivity index (χ4n) is 1.32.